The van der Waals surface area contributed by atoms with E-state index in [4.69, 9.17) is 0 Å². The van der Waals surface area contributed by atoms with E-state index in [1.807, 2.05) is 0 Å². The summed E-state index contributed by atoms with van der Waals surface area (Å²) >= 11 is 0. The van der Waals surface area contributed by atoms with Gasteiger partial charge in [-0.2, -0.15) is 13.2 Å². The monoisotopic (exact) mass is 309 g/mol. The van der Waals surface area contributed by atoms with Crippen LogP contribution in [0, 0.1) is 5.92 Å². The molecule has 0 N–H and O–H groups in total. The number of benzene rings is 1. The topological polar surface area (TPSA) is 46.1 Å². The largest absolute Gasteiger partial charge is 0.393 e. The number of halogens is 3. The summed E-state index contributed by atoms with van der Waals surface area (Å²) in [5.74, 6) is -1.95. The van der Waals surface area contributed by atoms with Crippen molar-refractivity contribution in [3.8, 4) is 0 Å². The van der Waals surface area contributed by atoms with Crippen molar-refractivity contribution in [2.24, 2.45) is 5.92 Å². The van der Waals surface area contributed by atoms with Crippen LogP contribution >= 0.6 is 0 Å². The number of carbonyl (C=O) groups excluding carboxylic acids is 1. The van der Waals surface area contributed by atoms with E-state index in [1.165, 1.54) is 11.1 Å². The van der Waals surface area contributed by atoms with Crippen LogP contribution in [0.2, 0.25) is 0 Å². The lowest BCUT2D eigenvalue weighted by molar-refractivity contribution is -0.184. The highest BCUT2D eigenvalue weighted by molar-refractivity contribution is 5.93. The van der Waals surface area contributed by atoms with Crippen molar-refractivity contribution < 1.29 is 18.0 Å². The molecule has 0 radical (unpaired) electrons. The minimum Gasteiger partial charge on any atom is -0.337 e. The van der Waals surface area contributed by atoms with Crippen LogP contribution < -0.4 is 0 Å². The fourth-order valence-corrected chi connectivity index (χ4v) is 2.65. The number of hydrogen-bond donors (Lipinski definition) is 0. The van der Waals surface area contributed by atoms with Crippen LogP contribution in [0.3, 0.4) is 0 Å². The zero-order valence-electron chi connectivity index (χ0n) is 11.7. The van der Waals surface area contributed by atoms with Gasteiger partial charge >= 0.3 is 6.18 Å². The third kappa shape index (κ3) is 2.88. The van der Waals surface area contributed by atoms with Gasteiger partial charge in [-0.3, -0.25) is 9.78 Å². The molecule has 3 rings (SSSR count). The van der Waals surface area contributed by atoms with Crippen LogP contribution in [0.15, 0.2) is 30.5 Å². The van der Waals surface area contributed by atoms with Crippen LogP contribution in [0.4, 0.5) is 13.2 Å². The van der Waals surface area contributed by atoms with E-state index in [0.717, 1.165) is 0 Å². The minimum atomic E-state index is -4.27. The number of piperidine rings is 1. The summed E-state index contributed by atoms with van der Waals surface area (Å²) in [6, 6.07) is 7.05. The number of aromatic nitrogens is 2. The van der Waals surface area contributed by atoms with Crippen LogP contribution in [0.5, 0.6) is 0 Å². The molecule has 7 heteroatoms. The molecule has 0 aliphatic carbocycles. The number of nitrogens with zero attached hydrogens (tertiary/aromatic N) is 3. The summed E-state index contributed by atoms with van der Waals surface area (Å²) in [6.07, 6.45) is -2.54. The predicted octanol–water partition coefficient (Wildman–Crippen LogP) is 3.04. The SMILES string of the molecule is O=C(c1cnc2ccccc2n1)N1CCCC(C(F)(F)F)C1. The van der Waals surface area contributed by atoms with Crippen molar-refractivity contribution in [2.75, 3.05) is 13.1 Å². The third-order valence-corrected chi connectivity index (χ3v) is 3.84. The van der Waals surface area contributed by atoms with E-state index in [1.54, 1.807) is 24.3 Å². The van der Waals surface area contributed by atoms with Crippen LogP contribution in [-0.4, -0.2) is 40.0 Å². The average Bonchev–Trinajstić information content (AvgIpc) is 2.53. The average molecular weight is 309 g/mol. The Balaban J connectivity index is 1.82. The lowest BCUT2D eigenvalue weighted by Gasteiger charge is -2.33. The maximum atomic E-state index is 12.8. The second-order valence-electron chi connectivity index (χ2n) is 5.38. The van der Waals surface area contributed by atoms with Crippen molar-refractivity contribution in [3.63, 3.8) is 0 Å². The van der Waals surface area contributed by atoms with Gasteiger partial charge in [-0.15, -0.1) is 0 Å². The number of hydrogen-bond acceptors (Lipinski definition) is 3. The Kier molecular flexibility index (Phi) is 3.72. The normalized spacial score (nSPS) is 19.4. The van der Waals surface area contributed by atoms with Gasteiger partial charge in [-0.05, 0) is 25.0 Å². The first kappa shape index (κ1) is 14.7. The molecule has 2 heterocycles. The molecule has 1 fully saturated rings. The molecule has 1 saturated heterocycles. The van der Waals surface area contributed by atoms with Gasteiger partial charge in [0.1, 0.15) is 5.69 Å². The third-order valence-electron chi connectivity index (χ3n) is 3.84. The van der Waals surface area contributed by atoms with E-state index in [2.05, 4.69) is 9.97 Å². The number of amides is 1. The summed E-state index contributed by atoms with van der Waals surface area (Å²) < 4.78 is 38.5. The molecule has 1 aromatic heterocycles. The summed E-state index contributed by atoms with van der Waals surface area (Å²) in [5.41, 5.74) is 1.28. The molecule has 1 atom stereocenters. The fourth-order valence-electron chi connectivity index (χ4n) is 2.65. The minimum absolute atomic E-state index is 0.0661. The maximum absolute atomic E-state index is 12.8. The van der Waals surface area contributed by atoms with Gasteiger partial charge in [-0.25, -0.2) is 4.98 Å². The Labute approximate surface area is 125 Å². The molecule has 1 aliphatic rings. The molecule has 4 nitrogen and oxygen atoms in total. The fraction of sp³-hybridized carbons (Fsp3) is 0.400. The first-order chi connectivity index (χ1) is 10.4. The first-order valence-electron chi connectivity index (χ1n) is 7.03. The molecule has 1 unspecified atom stereocenters. The summed E-state index contributed by atoms with van der Waals surface area (Å²) in [7, 11) is 0. The van der Waals surface area contributed by atoms with Gasteiger partial charge in [0.2, 0.25) is 0 Å². The molecule has 0 bridgehead atoms. The maximum Gasteiger partial charge on any atom is 0.393 e. The molecule has 0 saturated carbocycles. The first-order valence-corrected chi connectivity index (χ1v) is 7.03. The molecular formula is C15H14F3N3O. The Morgan fingerprint density at radius 1 is 1.23 bits per heavy atom. The van der Waals surface area contributed by atoms with Crippen LogP contribution in [-0.2, 0) is 0 Å². The molecule has 116 valence electrons. The molecule has 0 spiro atoms. The molecular weight excluding hydrogens is 295 g/mol. The van der Waals surface area contributed by atoms with Gasteiger partial charge in [0.15, 0.2) is 0 Å². The molecule has 1 amide bonds. The lowest BCUT2D eigenvalue weighted by Crippen LogP contribution is -2.44. The van der Waals surface area contributed by atoms with E-state index in [-0.39, 0.29) is 18.7 Å². The number of fused-ring (bicyclic) bond motifs is 1. The number of carbonyl (C=O) groups is 1. The van der Waals surface area contributed by atoms with Crippen molar-refractivity contribution >= 4 is 16.9 Å². The van der Waals surface area contributed by atoms with Crippen LogP contribution in [0.25, 0.3) is 11.0 Å². The lowest BCUT2D eigenvalue weighted by atomic mass is 9.97. The predicted molar refractivity (Wildman–Crippen MR) is 74.2 cm³/mol. The second kappa shape index (κ2) is 5.55. The highest BCUT2D eigenvalue weighted by Crippen LogP contribution is 2.33. The number of likely N-dealkylation sites (tertiary alicyclic amines) is 1. The van der Waals surface area contributed by atoms with Crippen molar-refractivity contribution in [1.29, 1.82) is 0 Å². The van der Waals surface area contributed by atoms with Crippen LogP contribution in [0.1, 0.15) is 23.3 Å². The number of rotatable bonds is 1. The Morgan fingerprint density at radius 3 is 2.68 bits per heavy atom. The Bertz CT molecular complexity index is 702. The van der Waals surface area contributed by atoms with Crippen molar-refractivity contribution in [2.45, 2.75) is 19.0 Å². The van der Waals surface area contributed by atoms with Crippen molar-refractivity contribution in [3.05, 3.63) is 36.2 Å². The summed E-state index contributed by atoms with van der Waals surface area (Å²) in [5, 5.41) is 0. The molecule has 1 aliphatic heterocycles. The highest BCUT2D eigenvalue weighted by atomic mass is 19.4. The summed E-state index contributed by atoms with van der Waals surface area (Å²) in [6.45, 7) is 0.0107. The zero-order chi connectivity index (χ0) is 15.7. The zero-order valence-corrected chi connectivity index (χ0v) is 11.7. The summed E-state index contributed by atoms with van der Waals surface area (Å²) in [4.78, 5) is 21.9. The quantitative estimate of drug-likeness (QED) is 0.813. The van der Waals surface area contributed by atoms with Crippen molar-refractivity contribution in [1.82, 2.24) is 14.9 Å². The van der Waals surface area contributed by atoms with Gasteiger partial charge in [-0.1, -0.05) is 12.1 Å². The number of alkyl halides is 3. The van der Waals surface area contributed by atoms with Gasteiger partial charge in [0, 0.05) is 13.1 Å². The Hall–Kier alpha value is -2.18. The van der Waals surface area contributed by atoms with E-state index in [9.17, 15) is 18.0 Å². The van der Waals surface area contributed by atoms with E-state index >= 15 is 0 Å². The van der Waals surface area contributed by atoms with Gasteiger partial charge in [0.25, 0.3) is 5.91 Å². The Morgan fingerprint density at radius 2 is 1.95 bits per heavy atom. The van der Waals surface area contributed by atoms with E-state index in [0.29, 0.717) is 24.0 Å². The molecule has 1 aromatic carbocycles. The molecule has 2 aromatic rings. The molecule has 22 heavy (non-hydrogen) atoms. The standard InChI is InChI=1S/C15H14F3N3O/c16-15(17,18)10-4-3-7-21(9-10)14(22)13-8-19-11-5-1-2-6-12(11)20-13/h1-2,5-6,8,10H,3-4,7,9H2. The second-order valence-corrected chi connectivity index (χ2v) is 5.38. The number of para-hydroxylation sites is 2. The van der Waals surface area contributed by atoms with Gasteiger partial charge in [0.05, 0.1) is 23.1 Å². The smallest absolute Gasteiger partial charge is 0.337 e. The van der Waals surface area contributed by atoms with E-state index < -0.39 is 18.0 Å². The van der Waals surface area contributed by atoms with Gasteiger partial charge < -0.3 is 4.90 Å². The highest BCUT2D eigenvalue weighted by Gasteiger charge is 2.42.